The second kappa shape index (κ2) is 19.3. The normalized spacial score (nSPS) is 12.8. The highest BCUT2D eigenvalue weighted by molar-refractivity contribution is 6.13. The molecule has 0 spiro atoms. The minimum absolute atomic E-state index is 0.0359. The number of nitrogens with one attached hydrogen (secondary N) is 1. The maximum atomic E-state index is 11.8. The third-order valence-corrected chi connectivity index (χ3v) is 5.03. The van der Waals surface area contributed by atoms with Crippen molar-refractivity contribution in [3.63, 3.8) is 0 Å². The molecule has 0 saturated heterocycles. The molecular weight excluding hydrogens is 476 g/mol. The lowest BCUT2D eigenvalue weighted by atomic mass is 10.1. The number of carboxylic acids is 1. The first-order valence-corrected chi connectivity index (χ1v) is 12.1. The lowest BCUT2D eigenvalue weighted by Gasteiger charge is -2.12. The first-order valence-electron chi connectivity index (χ1n) is 12.1. The van der Waals surface area contributed by atoms with Crippen molar-refractivity contribution >= 4 is 35.3 Å². The lowest BCUT2D eigenvalue weighted by molar-refractivity contribution is -0.139. The van der Waals surface area contributed by atoms with Gasteiger partial charge in [-0.05, 0) is 12.8 Å². The van der Waals surface area contributed by atoms with Gasteiger partial charge in [0, 0.05) is 70.6 Å². The Labute approximate surface area is 210 Å². The first kappa shape index (κ1) is 31.1. The molecule has 3 amide bonds. The molecule has 0 aromatic rings. The van der Waals surface area contributed by atoms with Gasteiger partial charge in [-0.15, -0.1) is 0 Å². The van der Waals surface area contributed by atoms with E-state index in [-0.39, 0.29) is 82.6 Å². The molecule has 0 aromatic carbocycles. The average Bonchev–Trinajstić information content (AvgIpc) is 3.16. The Morgan fingerprint density at radius 3 is 1.83 bits per heavy atom. The zero-order valence-corrected chi connectivity index (χ0v) is 20.5. The average molecular weight is 513 g/mol. The molecule has 0 saturated carbocycles. The molecule has 12 nitrogen and oxygen atoms in total. The van der Waals surface area contributed by atoms with Gasteiger partial charge in [0.1, 0.15) is 11.6 Å². The summed E-state index contributed by atoms with van der Waals surface area (Å²) in [7, 11) is 0. The number of carbonyl (C=O) groups is 6. The van der Waals surface area contributed by atoms with Crippen LogP contribution in [0.15, 0.2) is 12.2 Å². The molecular formula is C24H36N2O10. The van der Waals surface area contributed by atoms with E-state index < -0.39 is 17.8 Å². The van der Waals surface area contributed by atoms with E-state index in [4.69, 9.17) is 19.3 Å². The number of hydrogen-bond acceptors (Lipinski definition) is 9. The molecule has 0 aromatic heterocycles. The van der Waals surface area contributed by atoms with Gasteiger partial charge in [0.2, 0.25) is 5.91 Å². The number of amides is 3. The van der Waals surface area contributed by atoms with Gasteiger partial charge in [-0.25, -0.2) is 0 Å². The summed E-state index contributed by atoms with van der Waals surface area (Å²) in [5.41, 5.74) is 0. The number of aliphatic carboxylic acids is 1. The summed E-state index contributed by atoms with van der Waals surface area (Å²) >= 11 is 0. The molecule has 1 heterocycles. The summed E-state index contributed by atoms with van der Waals surface area (Å²) in [6.07, 6.45) is 4.52. The molecule has 1 aliphatic heterocycles. The maximum Gasteiger partial charge on any atom is 0.305 e. The van der Waals surface area contributed by atoms with Crippen LogP contribution in [0.4, 0.5) is 0 Å². The largest absolute Gasteiger partial charge is 0.481 e. The summed E-state index contributed by atoms with van der Waals surface area (Å²) in [5.74, 6) is -1.94. The second-order valence-corrected chi connectivity index (χ2v) is 8.03. The van der Waals surface area contributed by atoms with Crippen LogP contribution in [-0.4, -0.2) is 98.0 Å². The van der Waals surface area contributed by atoms with E-state index >= 15 is 0 Å². The SMILES string of the molecule is O=C(O)CCOCCCC(=O)CCOCCNC(=O)CCOCCCC(=O)CCN1C(=O)C=CC1=O. The van der Waals surface area contributed by atoms with Gasteiger partial charge >= 0.3 is 5.97 Å². The molecule has 1 aliphatic rings. The molecule has 36 heavy (non-hydrogen) atoms. The second-order valence-electron chi connectivity index (χ2n) is 8.03. The predicted molar refractivity (Wildman–Crippen MR) is 126 cm³/mol. The van der Waals surface area contributed by atoms with Crippen molar-refractivity contribution in [2.45, 2.75) is 51.4 Å². The van der Waals surface area contributed by atoms with Crippen molar-refractivity contribution in [1.82, 2.24) is 10.2 Å². The van der Waals surface area contributed by atoms with E-state index in [1.54, 1.807) is 0 Å². The van der Waals surface area contributed by atoms with Crippen LogP contribution in [-0.2, 0) is 43.0 Å². The molecule has 0 fully saturated rings. The number of rotatable bonds is 23. The Balaban J connectivity index is 1.86. The number of carbonyl (C=O) groups excluding carboxylic acids is 5. The van der Waals surface area contributed by atoms with Crippen molar-refractivity contribution < 1.29 is 48.1 Å². The van der Waals surface area contributed by atoms with E-state index in [0.717, 1.165) is 4.90 Å². The van der Waals surface area contributed by atoms with Gasteiger partial charge in [-0.3, -0.25) is 33.7 Å². The molecule has 202 valence electrons. The van der Waals surface area contributed by atoms with Gasteiger partial charge < -0.3 is 24.6 Å². The monoisotopic (exact) mass is 512 g/mol. The van der Waals surface area contributed by atoms with E-state index in [1.807, 2.05) is 0 Å². The van der Waals surface area contributed by atoms with Crippen molar-refractivity contribution in [3.8, 4) is 0 Å². The topological polar surface area (TPSA) is 166 Å². The minimum Gasteiger partial charge on any atom is -0.481 e. The summed E-state index contributed by atoms with van der Waals surface area (Å²) in [6, 6.07) is 0. The van der Waals surface area contributed by atoms with Crippen LogP contribution in [0.1, 0.15) is 51.4 Å². The fourth-order valence-electron chi connectivity index (χ4n) is 3.05. The van der Waals surface area contributed by atoms with Gasteiger partial charge in [0.25, 0.3) is 11.8 Å². The number of carboxylic acid groups (broad SMARTS) is 1. The van der Waals surface area contributed by atoms with Crippen LogP contribution in [0.5, 0.6) is 0 Å². The molecule has 0 radical (unpaired) electrons. The zero-order valence-electron chi connectivity index (χ0n) is 20.5. The van der Waals surface area contributed by atoms with Crippen molar-refractivity contribution in [2.75, 3.05) is 52.7 Å². The van der Waals surface area contributed by atoms with E-state index in [2.05, 4.69) is 5.32 Å². The fourth-order valence-corrected chi connectivity index (χ4v) is 3.05. The van der Waals surface area contributed by atoms with Gasteiger partial charge in [-0.1, -0.05) is 0 Å². The number of nitrogens with zero attached hydrogens (tertiary/aromatic N) is 1. The standard InChI is InChI=1S/C24H36N2O10/c27-19(7-12-26-22(30)5-6-23(26)31)3-1-13-34-16-9-21(29)25-11-18-36-15-8-20(28)4-2-14-35-17-10-24(32)33/h5-6H,1-4,7-18H2,(H,25,29)(H,32,33). The smallest absolute Gasteiger partial charge is 0.305 e. The molecule has 1 rings (SSSR count). The van der Waals surface area contributed by atoms with Gasteiger partial charge in [0.05, 0.1) is 32.8 Å². The number of ketones is 2. The van der Waals surface area contributed by atoms with Crippen LogP contribution >= 0.6 is 0 Å². The molecule has 0 aliphatic carbocycles. The van der Waals surface area contributed by atoms with E-state index in [9.17, 15) is 28.8 Å². The Kier molecular flexibility index (Phi) is 16.6. The fraction of sp³-hybridized carbons (Fsp3) is 0.667. The van der Waals surface area contributed by atoms with Crippen molar-refractivity contribution in [2.24, 2.45) is 0 Å². The van der Waals surface area contributed by atoms with Crippen LogP contribution < -0.4 is 5.32 Å². The highest BCUT2D eigenvalue weighted by atomic mass is 16.5. The summed E-state index contributed by atoms with van der Waals surface area (Å²) in [4.78, 5) is 69.5. The molecule has 0 atom stereocenters. The van der Waals surface area contributed by atoms with Crippen LogP contribution in [0.3, 0.4) is 0 Å². The maximum absolute atomic E-state index is 11.8. The number of imide groups is 1. The molecule has 0 unspecified atom stereocenters. The molecule has 0 bridgehead atoms. The Morgan fingerprint density at radius 2 is 1.22 bits per heavy atom. The number of Topliss-reactive ketones (excluding diaryl/α,β-unsaturated/α-hetero) is 2. The van der Waals surface area contributed by atoms with Crippen LogP contribution in [0, 0.1) is 0 Å². The molecule has 12 heteroatoms. The Bertz CT molecular complexity index is 763. The third kappa shape index (κ3) is 15.8. The zero-order chi connectivity index (χ0) is 26.6. The summed E-state index contributed by atoms with van der Waals surface area (Å²) in [5, 5.41) is 11.2. The first-order chi connectivity index (χ1) is 17.3. The Hall–Kier alpha value is -2.96. The van der Waals surface area contributed by atoms with Crippen LogP contribution in [0.2, 0.25) is 0 Å². The van der Waals surface area contributed by atoms with Crippen molar-refractivity contribution in [3.05, 3.63) is 12.2 Å². The van der Waals surface area contributed by atoms with E-state index in [1.165, 1.54) is 12.2 Å². The van der Waals surface area contributed by atoms with Gasteiger partial charge in [-0.2, -0.15) is 0 Å². The van der Waals surface area contributed by atoms with E-state index in [0.29, 0.717) is 39.0 Å². The summed E-state index contributed by atoms with van der Waals surface area (Å²) in [6.45, 7) is 1.97. The highest BCUT2D eigenvalue weighted by Crippen LogP contribution is 2.06. The lowest BCUT2D eigenvalue weighted by Crippen LogP contribution is -2.32. The van der Waals surface area contributed by atoms with Gasteiger partial charge in [0.15, 0.2) is 0 Å². The van der Waals surface area contributed by atoms with Crippen LogP contribution in [0.25, 0.3) is 0 Å². The quantitative estimate of drug-likeness (QED) is 0.145. The number of ether oxygens (including phenoxy) is 3. The molecule has 2 N–H and O–H groups in total. The highest BCUT2D eigenvalue weighted by Gasteiger charge is 2.23. The third-order valence-electron chi connectivity index (χ3n) is 5.03. The van der Waals surface area contributed by atoms with Crippen molar-refractivity contribution in [1.29, 1.82) is 0 Å². The minimum atomic E-state index is -0.919. The number of hydrogen-bond donors (Lipinski definition) is 2. The Morgan fingerprint density at radius 1 is 0.694 bits per heavy atom. The predicted octanol–water partition coefficient (Wildman–Crippen LogP) is 0.421. The summed E-state index contributed by atoms with van der Waals surface area (Å²) < 4.78 is 15.8.